The highest BCUT2D eigenvalue weighted by Crippen LogP contribution is 2.46. The molecule has 252 valence electrons. The van der Waals surface area contributed by atoms with Crippen molar-refractivity contribution in [2.24, 2.45) is 0 Å². The summed E-state index contributed by atoms with van der Waals surface area (Å²) in [7, 11) is 1.64. The second-order valence-corrected chi connectivity index (χ2v) is 11.4. The molecule has 2 aromatic carbocycles. The van der Waals surface area contributed by atoms with Gasteiger partial charge in [-0.15, -0.1) is 0 Å². The highest BCUT2D eigenvalue weighted by molar-refractivity contribution is 5.98. The van der Waals surface area contributed by atoms with Crippen molar-refractivity contribution in [1.82, 2.24) is 5.32 Å². The van der Waals surface area contributed by atoms with Crippen LogP contribution >= 0.6 is 0 Å². The van der Waals surface area contributed by atoms with Crippen molar-refractivity contribution in [1.29, 1.82) is 0 Å². The average Bonchev–Trinajstić information content (AvgIpc) is 3.33. The van der Waals surface area contributed by atoms with Crippen LogP contribution in [0.5, 0.6) is 0 Å². The zero-order valence-electron chi connectivity index (χ0n) is 27.2. The minimum absolute atomic E-state index is 0.00341. The number of ketones is 1. The van der Waals surface area contributed by atoms with E-state index in [4.69, 9.17) is 24.1 Å². The van der Waals surface area contributed by atoms with Crippen LogP contribution in [0.15, 0.2) is 36.4 Å². The lowest BCUT2D eigenvalue weighted by molar-refractivity contribution is -0.141. The van der Waals surface area contributed by atoms with Crippen LogP contribution < -0.4 is 10.6 Å². The number of carbonyl (C=O) groups excluding carboxylic acids is 4. The maximum absolute atomic E-state index is 13.0. The van der Waals surface area contributed by atoms with E-state index in [0.717, 1.165) is 28.7 Å². The second-order valence-electron chi connectivity index (χ2n) is 11.4. The number of esters is 1. The minimum Gasteiger partial charge on any atom is -0.465 e. The molecule has 11 heteroatoms. The molecule has 0 aliphatic heterocycles. The van der Waals surface area contributed by atoms with Crippen LogP contribution in [0.25, 0.3) is 11.1 Å². The maximum Gasteiger partial charge on any atom is 0.302 e. The third-order valence-corrected chi connectivity index (χ3v) is 7.70. The number of anilines is 1. The van der Waals surface area contributed by atoms with Crippen molar-refractivity contribution in [3.63, 3.8) is 0 Å². The molecule has 2 amide bonds. The summed E-state index contributed by atoms with van der Waals surface area (Å²) in [6.07, 6.45) is 3.02. The number of fused-ring (bicyclic) bond motifs is 3. The Bertz CT molecular complexity index is 1310. The molecule has 46 heavy (non-hydrogen) atoms. The lowest BCUT2D eigenvalue weighted by Crippen LogP contribution is -2.27. The van der Waals surface area contributed by atoms with Crippen LogP contribution in [-0.2, 0) is 33.3 Å². The zero-order chi connectivity index (χ0) is 33.3. The number of carbonyl (C=O) groups is 4. The summed E-state index contributed by atoms with van der Waals surface area (Å²) in [5.74, 6) is -1.04. The summed E-state index contributed by atoms with van der Waals surface area (Å²) >= 11 is 0. The number of aliphatic hydroxyl groups is 1. The maximum atomic E-state index is 13.0. The van der Waals surface area contributed by atoms with Crippen molar-refractivity contribution in [3.8, 4) is 11.1 Å². The molecule has 3 N–H and O–H groups in total. The predicted octanol–water partition coefficient (Wildman–Crippen LogP) is 4.39. The highest BCUT2D eigenvalue weighted by atomic mass is 16.5. The Morgan fingerprint density at radius 2 is 1.61 bits per heavy atom. The van der Waals surface area contributed by atoms with Crippen LogP contribution in [0.4, 0.5) is 5.69 Å². The van der Waals surface area contributed by atoms with Gasteiger partial charge in [0.05, 0.1) is 12.7 Å². The highest BCUT2D eigenvalue weighted by Gasteiger charge is 2.31. The van der Waals surface area contributed by atoms with Gasteiger partial charge < -0.3 is 34.7 Å². The molecule has 0 aromatic heterocycles. The average molecular weight is 641 g/mol. The molecule has 2 unspecified atom stereocenters. The van der Waals surface area contributed by atoms with Crippen LogP contribution in [0.3, 0.4) is 0 Å². The van der Waals surface area contributed by atoms with Crippen LogP contribution in [0, 0.1) is 0 Å². The fraction of sp³-hybridized carbons (Fsp3) is 0.543. The van der Waals surface area contributed by atoms with Crippen LogP contribution in [-0.4, -0.2) is 88.1 Å². The van der Waals surface area contributed by atoms with Crippen LogP contribution in [0.1, 0.15) is 86.2 Å². The largest absolute Gasteiger partial charge is 0.465 e. The molecular formula is C35H48N2O9. The number of rotatable bonds is 22. The Morgan fingerprint density at radius 1 is 0.870 bits per heavy atom. The third kappa shape index (κ3) is 11.9. The van der Waals surface area contributed by atoms with Gasteiger partial charge in [0.2, 0.25) is 11.8 Å². The summed E-state index contributed by atoms with van der Waals surface area (Å²) < 4.78 is 21.4. The van der Waals surface area contributed by atoms with E-state index in [9.17, 15) is 19.2 Å². The molecule has 0 bridgehead atoms. The number of hydrogen-bond donors (Lipinski definition) is 3. The number of ether oxygens (including phenoxy) is 4. The molecule has 0 spiro atoms. The van der Waals surface area contributed by atoms with Gasteiger partial charge in [0.1, 0.15) is 6.61 Å². The lowest BCUT2D eigenvalue weighted by Gasteiger charge is -2.15. The number of methoxy groups -OCH3 is 1. The molecule has 1 aliphatic rings. The Hall–Kier alpha value is -3.64. The first-order valence-corrected chi connectivity index (χ1v) is 16.0. The molecule has 0 saturated carbocycles. The van der Waals surface area contributed by atoms with E-state index in [1.54, 1.807) is 7.11 Å². The SMILES string of the molecule is COCCCOCCNC(=O)CCCC(=O)Nc1ccc2c(c1)C(COC(C)=O)c1cc(C(=O)CCCOC(C)CCO)ccc1-2. The van der Waals surface area contributed by atoms with Crippen molar-refractivity contribution in [2.75, 3.05) is 58.6 Å². The number of Topliss-reactive ketones (excluding diaryl/α,β-unsaturated/α-hetero) is 1. The smallest absolute Gasteiger partial charge is 0.302 e. The molecular weight excluding hydrogens is 592 g/mol. The van der Waals surface area contributed by atoms with E-state index in [2.05, 4.69) is 10.6 Å². The quantitative estimate of drug-likeness (QED) is 0.0968. The summed E-state index contributed by atoms with van der Waals surface area (Å²) in [6.45, 7) is 5.91. The molecule has 2 aromatic rings. The number of nitrogens with one attached hydrogen (secondary N) is 2. The van der Waals surface area contributed by atoms with Gasteiger partial charge in [-0.25, -0.2) is 0 Å². The fourth-order valence-corrected chi connectivity index (χ4v) is 5.31. The van der Waals surface area contributed by atoms with Crippen molar-refractivity contribution in [3.05, 3.63) is 53.1 Å². The fourth-order valence-electron chi connectivity index (χ4n) is 5.31. The summed E-state index contributed by atoms with van der Waals surface area (Å²) in [5.41, 5.74) is 4.88. The van der Waals surface area contributed by atoms with Crippen molar-refractivity contribution in [2.45, 2.75) is 70.8 Å². The molecule has 0 heterocycles. The third-order valence-electron chi connectivity index (χ3n) is 7.70. The second kappa shape index (κ2) is 19.8. The monoisotopic (exact) mass is 640 g/mol. The van der Waals surface area contributed by atoms with E-state index in [1.165, 1.54) is 6.92 Å². The van der Waals surface area contributed by atoms with Gasteiger partial charge in [0.15, 0.2) is 5.78 Å². The number of aliphatic hydroxyl groups excluding tert-OH is 1. The molecule has 0 saturated heterocycles. The number of benzene rings is 2. The first kappa shape index (κ1) is 36.8. The van der Waals surface area contributed by atoms with Crippen molar-refractivity contribution >= 4 is 29.3 Å². The Morgan fingerprint density at radius 3 is 2.35 bits per heavy atom. The van der Waals surface area contributed by atoms with E-state index in [-0.39, 0.29) is 55.7 Å². The van der Waals surface area contributed by atoms with Crippen LogP contribution in [0.2, 0.25) is 0 Å². The van der Waals surface area contributed by atoms with Gasteiger partial charge in [0.25, 0.3) is 0 Å². The van der Waals surface area contributed by atoms with E-state index < -0.39 is 5.97 Å². The van der Waals surface area contributed by atoms with E-state index in [0.29, 0.717) is 69.9 Å². The standard InChI is InChI=1S/C35H48N2O9/c1-24(14-16-38)45-19-5-7-33(40)26-10-12-28-29-13-11-27(22-31(29)32(30(28)21-26)23-46-25(2)39)37-35(42)9-4-8-34(41)36-15-20-44-18-6-17-43-3/h10-13,21-22,24,32,38H,4-9,14-20,23H2,1-3H3,(H,36,41)(H,37,42). The normalized spacial score (nSPS) is 13.9. The van der Waals surface area contributed by atoms with Gasteiger partial charge in [-0.3, -0.25) is 19.2 Å². The molecule has 2 atom stereocenters. The first-order chi connectivity index (χ1) is 22.2. The lowest BCUT2D eigenvalue weighted by atomic mass is 9.94. The van der Waals surface area contributed by atoms with Gasteiger partial charge in [0, 0.05) is 83.4 Å². The zero-order valence-corrected chi connectivity index (χ0v) is 27.2. The van der Waals surface area contributed by atoms with Gasteiger partial charge in [-0.1, -0.05) is 18.2 Å². The van der Waals surface area contributed by atoms with Gasteiger partial charge >= 0.3 is 5.97 Å². The number of amides is 2. The van der Waals surface area contributed by atoms with Crippen molar-refractivity contribution < 1.29 is 43.2 Å². The van der Waals surface area contributed by atoms with E-state index in [1.807, 2.05) is 43.3 Å². The number of hydrogen-bond acceptors (Lipinski definition) is 9. The minimum atomic E-state index is -0.402. The predicted molar refractivity (Wildman–Crippen MR) is 174 cm³/mol. The summed E-state index contributed by atoms with van der Waals surface area (Å²) in [4.78, 5) is 49.5. The first-order valence-electron chi connectivity index (χ1n) is 16.0. The molecule has 0 radical (unpaired) electrons. The Labute approximate surface area is 271 Å². The molecule has 3 rings (SSSR count). The Kier molecular flexibility index (Phi) is 15.8. The summed E-state index contributed by atoms with van der Waals surface area (Å²) in [5, 5.41) is 14.7. The topological polar surface area (TPSA) is 149 Å². The summed E-state index contributed by atoms with van der Waals surface area (Å²) in [6, 6.07) is 11.2. The molecule has 0 fully saturated rings. The van der Waals surface area contributed by atoms with Gasteiger partial charge in [-0.05, 0) is 73.1 Å². The Balaban J connectivity index is 1.56. The van der Waals surface area contributed by atoms with Gasteiger partial charge in [-0.2, -0.15) is 0 Å². The molecule has 1 aliphatic carbocycles. The molecule has 11 nitrogen and oxygen atoms in total. The van der Waals surface area contributed by atoms with E-state index >= 15 is 0 Å².